The van der Waals surface area contributed by atoms with Crippen molar-refractivity contribution in [1.29, 1.82) is 0 Å². The number of allylic oxidation sites excluding steroid dienone is 4. The van der Waals surface area contributed by atoms with Crippen LogP contribution < -0.4 is 0 Å². The largest absolute Gasteiger partial charge is 0.462 e. The fourth-order valence-corrected chi connectivity index (χ4v) is 10.3. The van der Waals surface area contributed by atoms with Crippen molar-refractivity contribution in [2.75, 3.05) is 13.2 Å². The maximum absolute atomic E-state index is 12.9. The van der Waals surface area contributed by atoms with Gasteiger partial charge in [-0.3, -0.25) is 14.4 Å². The number of hydrogen-bond acceptors (Lipinski definition) is 6. The monoisotopic (exact) mass is 1050 g/mol. The number of hydrogen-bond donors (Lipinski definition) is 0. The van der Waals surface area contributed by atoms with E-state index < -0.39 is 6.10 Å². The maximum Gasteiger partial charge on any atom is 0.306 e. The molecule has 0 aromatic rings. The fourth-order valence-electron chi connectivity index (χ4n) is 10.3. The number of esters is 3. The molecule has 0 fully saturated rings. The van der Waals surface area contributed by atoms with Gasteiger partial charge in [0.05, 0.1) is 0 Å². The SMILES string of the molecule is CCCCCCCC/C=C\CCCCCCCCCCCC(=O)OC(COC(=O)CCCCCCCCC)COC(=O)CCCCCCCCCCCCCCCCCCCCC/C=C\CCCCCCCCCC. The summed E-state index contributed by atoms with van der Waals surface area (Å²) in [5, 5.41) is 0. The molecule has 0 aromatic carbocycles. The highest BCUT2D eigenvalue weighted by Gasteiger charge is 2.19. The Kier molecular flexibility index (Phi) is 62.6. The molecule has 1 atom stereocenters. The van der Waals surface area contributed by atoms with E-state index in [1.807, 2.05) is 0 Å². The van der Waals surface area contributed by atoms with Crippen molar-refractivity contribution >= 4 is 17.9 Å². The Morgan fingerprint density at radius 1 is 0.253 bits per heavy atom. The van der Waals surface area contributed by atoms with E-state index >= 15 is 0 Å². The Hall–Kier alpha value is -2.11. The third kappa shape index (κ3) is 62.6. The molecule has 442 valence electrons. The molecule has 0 saturated carbocycles. The molecule has 0 N–H and O–H groups in total. The zero-order valence-electron chi connectivity index (χ0n) is 50.8. The van der Waals surface area contributed by atoms with Crippen LogP contribution >= 0.6 is 0 Å². The van der Waals surface area contributed by atoms with Crippen LogP contribution in [-0.4, -0.2) is 37.2 Å². The smallest absolute Gasteiger partial charge is 0.306 e. The third-order valence-corrected chi connectivity index (χ3v) is 15.4. The van der Waals surface area contributed by atoms with Gasteiger partial charge in [-0.05, 0) is 70.6 Å². The predicted octanol–water partition coefficient (Wildman–Crippen LogP) is 23.0. The maximum atomic E-state index is 12.9. The highest BCUT2D eigenvalue weighted by Crippen LogP contribution is 2.18. The molecule has 1 unspecified atom stereocenters. The van der Waals surface area contributed by atoms with Gasteiger partial charge in [0, 0.05) is 19.3 Å². The van der Waals surface area contributed by atoms with Crippen LogP contribution in [0.4, 0.5) is 0 Å². The van der Waals surface area contributed by atoms with Gasteiger partial charge in [-0.15, -0.1) is 0 Å². The van der Waals surface area contributed by atoms with Gasteiger partial charge in [0.25, 0.3) is 0 Å². The van der Waals surface area contributed by atoms with Crippen LogP contribution in [0, 0.1) is 0 Å². The van der Waals surface area contributed by atoms with Crippen LogP contribution in [0.5, 0.6) is 0 Å². The highest BCUT2D eigenvalue weighted by molar-refractivity contribution is 5.71. The summed E-state index contributed by atoms with van der Waals surface area (Å²) in [6.45, 7) is 6.65. The van der Waals surface area contributed by atoms with Gasteiger partial charge in [-0.2, -0.15) is 0 Å². The molecule has 0 spiro atoms. The number of carbonyl (C=O) groups is 3. The van der Waals surface area contributed by atoms with Gasteiger partial charge in [-0.1, -0.05) is 315 Å². The van der Waals surface area contributed by atoms with E-state index in [-0.39, 0.29) is 31.1 Å². The van der Waals surface area contributed by atoms with Crippen molar-refractivity contribution in [3.8, 4) is 0 Å². The average molecular weight is 1060 g/mol. The molecule has 0 aliphatic carbocycles. The molecule has 0 aromatic heterocycles. The van der Waals surface area contributed by atoms with E-state index in [1.54, 1.807) is 0 Å². The Bertz CT molecular complexity index is 1210. The minimum Gasteiger partial charge on any atom is -0.462 e. The number of unbranched alkanes of at least 4 members (excludes halogenated alkanes) is 48. The molecule has 0 rings (SSSR count). The quantitative estimate of drug-likeness (QED) is 0.0261. The molecule has 0 saturated heterocycles. The average Bonchev–Trinajstić information content (AvgIpc) is 3.41. The van der Waals surface area contributed by atoms with Gasteiger partial charge in [-0.25, -0.2) is 0 Å². The Morgan fingerprint density at radius 2 is 0.440 bits per heavy atom. The number of rotatable bonds is 63. The van der Waals surface area contributed by atoms with Crippen LogP contribution in [0.15, 0.2) is 24.3 Å². The molecule has 75 heavy (non-hydrogen) atoms. The van der Waals surface area contributed by atoms with Crippen molar-refractivity contribution < 1.29 is 28.6 Å². The lowest BCUT2D eigenvalue weighted by Gasteiger charge is -2.18. The molecule has 0 radical (unpaired) electrons. The minimum absolute atomic E-state index is 0.0666. The zero-order valence-corrected chi connectivity index (χ0v) is 50.8. The molecular weight excluding hydrogens is 925 g/mol. The van der Waals surface area contributed by atoms with Crippen LogP contribution in [0.3, 0.4) is 0 Å². The molecule has 0 bridgehead atoms. The molecule has 6 nitrogen and oxygen atoms in total. The first-order valence-corrected chi connectivity index (χ1v) is 33.8. The molecule has 0 aliphatic rings. The first kappa shape index (κ1) is 72.9. The first-order chi connectivity index (χ1) is 37.0. The van der Waals surface area contributed by atoms with Gasteiger partial charge in [0.15, 0.2) is 6.10 Å². The number of carbonyl (C=O) groups excluding carboxylic acids is 3. The summed E-state index contributed by atoms with van der Waals surface area (Å²) in [5.41, 5.74) is 0. The lowest BCUT2D eigenvalue weighted by molar-refractivity contribution is -0.167. The second-order valence-electron chi connectivity index (χ2n) is 23.1. The highest BCUT2D eigenvalue weighted by atomic mass is 16.6. The standard InChI is InChI=1S/C69H130O6/c1-4-7-10-13-16-18-20-22-24-26-28-29-30-31-32-33-34-35-36-37-38-39-41-42-44-46-48-50-53-56-59-62-68(71)74-65-66(64-73-67(70)61-58-55-52-15-12-9-6-3)75-69(72)63-60-57-54-51-49-47-45-43-40-27-25-23-21-19-17-14-11-8-5-2/h23,25-26,28,66H,4-22,24,27,29-65H2,1-3H3/b25-23-,28-26-. The van der Waals surface area contributed by atoms with Crippen molar-refractivity contribution in [1.82, 2.24) is 0 Å². The number of ether oxygens (including phenoxy) is 3. The van der Waals surface area contributed by atoms with Gasteiger partial charge in [0.1, 0.15) is 13.2 Å². The normalized spacial score (nSPS) is 12.1. The lowest BCUT2D eigenvalue weighted by Crippen LogP contribution is -2.30. The van der Waals surface area contributed by atoms with E-state index in [2.05, 4.69) is 45.1 Å². The molecule has 0 amide bonds. The molecular formula is C69H130O6. The van der Waals surface area contributed by atoms with Crippen LogP contribution in [0.2, 0.25) is 0 Å². The molecule has 0 heterocycles. The van der Waals surface area contributed by atoms with Gasteiger partial charge >= 0.3 is 17.9 Å². The summed E-state index contributed by atoms with van der Waals surface area (Å²) in [6, 6.07) is 0. The van der Waals surface area contributed by atoms with Crippen molar-refractivity contribution in [2.45, 2.75) is 386 Å². The zero-order chi connectivity index (χ0) is 54.3. The fraction of sp³-hybridized carbons (Fsp3) is 0.899. The van der Waals surface area contributed by atoms with E-state index in [9.17, 15) is 14.4 Å². The molecule has 0 aliphatic heterocycles. The summed E-state index contributed by atoms with van der Waals surface area (Å²) < 4.78 is 16.9. The summed E-state index contributed by atoms with van der Waals surface area (Å²) in [6.07, 6.45) is 78.1. The van der Waals surface area contributed by atoms with E-state index in [0.717, 1.165) is 57.8 Å². The van der Waals surface area contributed by atoms with Crippen molar-refractivity contribution in [3.05, 3.63) is 24.3 Å². The predicted molar refractivity (Wildman–Crippen MR) is 326 cm³/mol. The third-order valence-electron chi connectivity index (χ3n) is 15.4. The molecule has 6 heteroatoms. The Balaban J connectivity index is 3.99. The van der Waals surface area contributed by atoms with E-state index in [4.69, 9.17) is 14.2 Å². The van der Waals surface area contributed by atoms with E-state index in [0.29, 0.717) is 19.3 Å². The summed E-state index contributed by atoms with van der Waals surface area (Å²) in [4.78, 5) is 38.1. The topological polar surface area (TPSA) is 78.9 Å². The van der Waals surface area contributed by atoms with Gasteiger partial charge in [0.2, 0.25) is 0 Å². The lowest BCUT2D eigenvalue weighted by atomic mass is 10.0. The van der Waals surface area contributed by atoms with Crippen LogP contribution in [0.1, 0.15) is 380 Å². The first-order valence-electron chi connectivity index (χ1n) is 33.8. The summed E-state index contributed by atoms with van der Waals surface area (Å²) >= 11 is 0. The van der Waals surface area contributed by atoms with Crippen LogP contribution in [-0.2, 0) is 28.6 Å². The van der Waals surface area contributed by atoms with Crippen molar-refractivity contribution in [3.63, 3.8) is 0 Å². The minimum atomic E-state index is -0.767. The second kappa shape index (κ2) is 64.4. The second-order valence-corrected chi connectivity index (χ2v) is 23.1. The van der Waals surface area contributed by atoms with Gasteiger partial charge < -0.3 is 14.2 Å². The van der Waals surface area contributed by atoms with Crippen LogP contribution in [0.25, 0.3) is 0 Å². The van der Waals surface area contributed by atoms with Crippen molar-refractivity contribution in [2.24, 2.45) is 0 Å². The Labute approximate surface area is 468 Å². The summed E-state index contributed by atoms with van der Waals surface area (Å²) in [5.74, 6) is -0.851. The van der Waals surface area contributed by atoms with E-state index in [1.165, 1.54) is 283 Å². The Morgan fingerprint density at radius 3 is 0.667 bits per heavy atom. The summed E-state index contributed by atoms with van der Waals surface area (Å²) in [7, 11) is 0.